The summed E-state index contributed by atoms with van der Waals surface area (Å²) in [6.45, 7) is 1.50. The molecule has 9 heteroatoms. The van der Waals surface area contributed by atoms with Crippen molar-refractivity contribution in [3.8, 4) is 0 Å². The van der Waals surface area contributed by atoms with Crippen molar-refractivity contribution >= 4 is 11.9 Å². The van der Waals surface area contributed by atoms with Crippen molar-refractivity contribution in [3.05, 3.63) is 0 Å². The highest BCUT2D eigenvalue weighted by Crippen LogP contribution is 2.13. The van der Waals surface area contributed by atoms with Gasteiger partial charge in [-0.1, -0.05) is 0 Å². The lowest BCUT2D eigenvalue weighted by atomic mass is 10.3. The molecular weight excluding hydrogens is 247 g/mol. The fourth-order valence-electron chi connectivity index (χ4n) is 0.511. The molecule has 0 amide bonds. The minimum Gasteiger partial charge on any atom is -0.481 e. The van der Waals surface area contributed by atoms with Crippen LogP contribution in [0.4, 0.5) is 13.2 Å². The van der Waals surface area contributed by atoms with E-state index in [1.54, 1.807) is 0 Å². The van der Waals surface area contributed by atoms with E-state index in [9.17, 15) is 18.0 Å². The number of ether oxygens (including phenoxy) is 1. The van der Waals surface area contributed by atoms with E-state index >= 15 is 0 Å². The number of carboxylic acids is 2. The Hall–Kier alpha value is -1.35. The number of alkyl halides is 3. The molecule has 17 heavy (non-hydrogen) atoms. The summed E-state index contributed by atoms with van der Waals surface area (Å²) in [6, 6.07) is 0. The molecule has 0 aliphatic rings. The number of aliphatic carboxylic acids is 2. The second kappa shape index (κ2) is 9.85. The van der Waals surface area contributed by atoms with Crippen molar-refractivity contribution in [2.24, 2.45) is 5.73 Å². The summed E-state index contributed by atoms with van der Waals surface area (Å²) >= 11 is 0. The third-order valence-corrected chi connectivity index (χ3v) is 1.18. The zero-order valence-corrected chi connectivity index (χ0v) is 8.87. The maximum absolute atomic E-state index is 10.6. The zero-order chi connectivity index (χ0) is 13.9. The first-order chi connectivity index (χ1) is 7.71. The lowest BCUT2D eigenvalue weighted by Gasteiger charge is -1.98. The average molecular weight is 261 g/mol. The number of hydrogen-bond acceptors (Lipinski definition) is 4. The van der Waals surface area contributed by atoms with E-state index in [2.05, 4.69) is 0 Å². The van der Waals surface area contributed by atoms with Crippen LogP contribution in [0.15, 0.2) is 0 Å². The highest BCUT2D eigenvalue weighted by atomic mass is 19.4. The van der Waals surface area contributed by atoms with Crippen LogP contribution < -0.4 is 5.73 Å². The van der Waals surface area contributed by atoms with Crippen molar-refractivity contribution < 1.29 is 37.7 Å². The Morgan fingerprint density at radius 1 is 1.18 bits per heavy atom. The molecule has 0 spiro atoms. The summed E-state index contributed by atoms with van der Waals surface area (Å²) in [4.78, 5) is 18.8. The first-order valence-electron chi connectivity index (χ1n) is 4.51. The number of nitrogens with two attached hydrogens (primary N) is 1. The number of carboxylic acid groups (broad SMARTS) is 2. The van der Waals surface area contributed by atoms with Crippen LogP contribution in [0.3, 0.4) is 0 Å². The predicted octanol–water partition coefficient (Wildman–Crippen LogP) is 0.460. The largest absolute Gasteiger partial charge is 0.490 e. The van der Waals surface area contributed by atoms with Gasteiger partial charge in [0.15, 0.2) is 0 Å². The van der Waals surface area contributed by atoms with Crippen LogP contribution in [-0.4, -0.2) is 48.1 Å². The summed E-state index contributed by atoms with van der Waals surface area (Å²) in [5.74, 6) is -3.54. The van der Waals surface area contributed by atoms with Crippen LogP contribution >= 0.6 is 0 Å². The van der Waals surface area contributed by atoms with Crippen molar-refractivity contribution in [2.45, 2.75) is 19.0 Å². The fourth-order valence-corrected chi connectivity index (χ4v) is 0.511. The fraction of sp³-hybridized carbons (Fsp3) is 0.750. The minimum atomic E-state index is -5.08. The Kier molecular flexibility index (Phi) is 10.4. The van der Waals surface area contributed by atoms with Crippen molar-refractivity contribution in [2.75, 3.05) is 19.8 Å². The molecule has 0 fully saturated rings. The molecule has 0 saturated carbocycles. The Morgan fingerprint density at radius 3 is 1.94 bits per heavy atom. The molecule has 0 aliphatic heterocycles. The van der Waals surface area contributed by atoms with Gasteiger partial charge in [-0.05, 0) is 6.42 Å². The maximum atomic E-state index is 10.6. The summed E-state index contributed by atoms with van der Waals surface area (Å²) in [5.41, 5.74) is 5.13. The van der Waals surface area contributed by atoms with Crippen LogP contribution in [-0.2, 0) is 14.3 Å². The van der Waals surface area contributed by atoms with Gasteiger partial charge in [-0.15, -0.1) is 0 Å². The molecule has 0 heterocycles. The van der Waals surface area contributed by atoms with Crippen molar-refractivity contribution in [3.63, 3.8) is 0 Å². The molecule has 0 aromatic carbocycles. The van der Waals surface area contributed by atoms with Gasteiger partial charge in [0.1, 0.15) is 0 Å². The van der Waals surface area contributed by atoms with E-state index in [0.29, 0.717) is 26.2 Å². The second-order valence-corrected chi connectivity index (χ2v) is 2.70. The molecule has 0 atom stereocenters. The highest BCUT2D eigenvalue weighted by molar-refractivity contribution is 5.73. The SMILES string of the molecule is NCCOCCCC(=O)O.O=C(O)C(F)(F)F. The van der Waals surface area contributed by atoms with E-state index in [0.717, 1.165) is 0 Å². The van der Waals surface area contributed by atoms with Gasteiger partial charge in [-0.25, -0.2) is 4.79 Å². The van der Waals surface area contributed by atoms with E-state index in [4.69, 9.17) is 25.5 Å². The van der Waals surface area contributed by atoms with E-state index < -0.39 is 18.1 Å². The third-order valence-electron chi connectivity index (χ3n) is 1.18. The van der Waals surface area contributed by atoms with E-state index in [1.807, 2.05) is 0 Å². The molecule has 0 saturated heterocycles. The Balaban J connectivity index is 0. The van der Waals surface area contributed by atoms with Crippen molar-refractivity contribution in [1.82, 2.24) is 0 Å². The first-order valence-corrected chi connectivity index (χ1v) is 4.51. The molecule has 0 aliphatic carbocycles. The van der Waals surface area contributed by atoms with Gasteiger partial charge in [0, 0.05) is 19.6 Å². The predicted molar refractivity (Wildman–Crippen MR) is 50.4 cm³/mol. The average Bonchev–Trinajstić information content (AvgIpc) is 2.16. The van der Waals surface area contributed by atoms with Crippen LogP contribution in [0.2, 0.25) is 0 Å². The number of halogens is 3. The third kappa shape index (κ3) is 17.3. The minimum absolute atomic E-state index is 0.171. The smallest absolute Gasteiger partial charge is 0.481 e. The first kappa shape index (κ1) is 18.0. The lowest BCUT2D eigenvalue weighted by molar-refractivity contribution is -0.192. The Morgan fingerprint density at radius 2 is 1.65 bits per heavy atom. The molecule has 102 valence electrons. The lowest BCUT2D eigenvalue weighted by Crippen LogP contribution is -2.21. The molecule has 4 N–H and O–H groups in total. The quantitative estimate of drug-likeness (QED) is 0.599. The molecule has 6 nitrogen and oxygen atoms in total. The molecule has 0 rings (SSSR count). The van der Waals surface area contributed by atoms with Crippen LogP contribution in [0.1, 0.15) is 12.8 Å². The number of carbonyl (C=O) groups is 2. The molecule has 0 aromatic rings. The normalized spacial score (nSPS) is 10.4. The summed E-state index contributed by atoms with van der Waals surface area (Å²) in [7, 11) is 0. The van der Waals surface area contributed by atoms with Gasteiger partial charge in [0.05, 0.1) is 6.61 Å². The summed E-state index contributed by atoms with van der Waals surface area (Å²) < 4.78 is 36.7. The van der Waals surface area contributed by atoms with Crippen molar-refractivity contribution in [1.29, 1.82) is 0 Å². The van der Waals surface area contributed by atoms with Crippen LogP contribution in [0.25, 0.3) is 0 Å². The van der Waals surface area contributed by atoms with Gasteiger partial charge in [-0.2, -0.15) is 13.2 Å². The highest BCUT2D eigenvalue weighted by Gasteiger charge is 2.38. The van der Waals surface area contributed by atoms with Gasteiger partial charge in [0.25, 0.3) is 0 Å². The molecule has 0 aromatic heterocycles. The monoisotopic (exact) mass is 261 g/mol. The topological polar surface area (TPSA) is 110 Å². The molecule has 0 radical (unpaired) electrons. The summed E-state index contributed by atoms with van der Waals surface area (Å²) in [5, 5.41) is 15.3. The second-order valence-electron chi connectivity index (χ2n) is 2.70. The number of rotatable bonds is 6. The number of hydrogen-bond donors (Lipinski definition) is 3. The van der Waals surface area contributed by atoms with Gasteiger partial charge in [-0.3, -0.25) is 4.79 Å². The van der Waals surface area contributed by atoms with Crippen LogP contribution in [0, 0.1) is 0 Å². The van der Waals surface area contributed by atoms with Gasteiger partial charge >= 0.3 is 18.1 Å². The zero-order valence-electron chi connectivity index (χ0n) is 8.87. The summed E-state index contributed by atoms with van der Waals surface area (Å²) in [6.07, 6.45) is -4.35. The Bertz CT molecular complexity index is 232. The van der Waals surface area contributed by atoms with E-state index in [-0.39, 0.29) is 6.42 Å². The van der Waals surface area contributed by atoms with Gasteiger partial charge in [0.2, 0.25) is 0 Å². The van der Waals surface area contributed by atoms with E-state index in [1.165, 1.54) is 0 Å². The van der Waals surface area contributed by atoms with Gasteiger partial charge < -0.3 is 20.7 Å². The standard InChI is InChI=1S/C6H13NO3.C2HF3O2/c7-3-5-10-4-1-2-6(8)9;3-2(4,5)1(6)7/h1-5,7H2,(H,8,9);(H,6,7). The maximum Gasteiger partial charge on any atom is 0.490 e. The molecule has 0 bridgehead atoms. The molecule has 0 unspecified atom stereocenters. The Labute approximate surface area is 95.2 Å². The van der Waals surface area contributed by atoms with Crippen LogP contribution in [0.5, 0.6) is 0 Å². The molecular formula is C8H14F3NO5.